The molecule has 2 aliphatic rings. The summed E-state index contributed by atoms with van der Waals surface area (Å²) < 4.78 is 7.54. The summed E-state index contributed by atoms with van der Waals surface area (Å²) in [5, 5.41) is 4.40. The van der Waals surface area contributed by atoms with Gasteiger partial charge in [0.25, 0.3) is 0 Å². The van der Waals surface area contributed by atoms with Crippen LogP contribution in [0.5, 0.6) is 5.75 Å². The van der Waals surface area contributed by atoms with Gasteiger partial charge in [0.1, 0.15) is 12.3 Å². The van der Waals surface area contributed by atoms with Crippen LogP contribution >= 0.6 is 0 Å². The Kier molecular flexibility index (Phi) is 4.58. The zero-order valence-electron chi connectivity index (χ0n) is 17.0. The molecule has 1 amide bonds. The summed E-state index contributed by atoms with van der Waals surface area (Å²) in [4.78, 5) is 41.7. The van der Waals surface area contributed by atoms with Crippen LogP contribution in [-0.4, -0.2) is 40.5 Å². The number of ether oxygens (including phenoxy) is 1. The molecule has 0 aliphatic carbocycles. The van der Waals surface area contributed by atoms with Crippen LogP contribution in [0.3, 0.4) is 0 Å². The number of rotatable bonds is 4. The zero-order chi connectivity index (χ0) is 21.5. The number of carbonyl (C=O) groups excluding carboxylic acids is 1. The molecule has 3 heterocycles. The van der Waals surface area contributed by atoms with Gasteiger partial charge in [-0.05, 0) is 42.3 Å². The van der Waals surface area contributed by atoms with E-state index in [0.29, 0.717) is 25.6 Å². The maximum atomic E-state index is 13.0. The quantitative estimate of drug-likeness (QED) is 0.590. The van der Waals surface area contributed by atoms with E-state index in [2.05, 4.69) is 5.10 Å². The number of para-hydroxylation sites is 1. The summed E-state index contributed by atoms with van der Waals surface area (Å²) in [7, 11) is 1.59. The van der Waals surface area contributed by atoms with E-state index >= 15 is 0 Å². The number of methoxy groups -OCH3 is 1. The molecule has 31 heavy (non-hydrogen) atoms. The number of benzene rings is 2. The Morgan fingerprint density at radius 3 is 2.55 bits per heavy atom. The smallest absolute Gasteiger partial charge is 0.333 e. The predicted molar refractivity (Wildman–Crippen MR) is 115 cm³/mol. The number of carbonyl (C=O) groups is 1. The number of nitrogens with zero attached hydrogens (tertiary/aromatic N) is 5. The highest BCUT2D eigenvalue weighted by Gasteiger charge is 2.29. The largest absolute Gasteiger partial charge is 0.497 e. The molecule has 0 radical (unpaired) electrons. The van der Waals surface area contributed by atoms with Gasteiger partial charge in [-0.2, -0.15) is 0 Å². The Balaban J connectivity index is 1.47. The van der Waals surface area contributed by atoms with Crippen molar-refractivity contribution in [2.45, 2.75) is 19.5 Å². The molecule has 9 nitrogen and oxygen atoms in total. The lowest BCUT2D eigenvalue weighted by molar-refractivity contribution is -0.119. The van der Waals surface area contributed by atoms with Crippen LogP contribution < -0.4 is 25.7 Å². The number of aromatic nitrogens is 3. The Hall–Kier alpha value is -3.88. The molecule has 0 N–H and O–H groups in total. The minimum Gasteiger partial charge on any atom is -0.497 e. The molecule has 0 saturated carbocycles. The van der Waals surface area contributed by atoms with Crippen molar-refractivity contribution in [3.05, 3.63) is 74.8 Å². The molecule has 0 bridgehead atoms. The maximum Gasteiger partial charge on any atom is 0.333 e. The lowest BCUT2D eigenvalue weighted by Gasteiger charge is -2.20. The van der Waals surface area contributed by atoms with E-state index in [1.807, 2.05) is 53.4 Å². The van der Waals surface area contributed by atoms with Crippen LogP contribution in [0.25, 0.3) is 0 Å². The predicted octanol–water partition coefficient (Wildman–Crippen LogP) is 1.15. The van der Waals surface area contributed by atoms with Crippen LogP contribution in [0.2, 0.25) is 0 Å². The summed E-state index contributed by atoms with van der Waals surface area (Å²) in [6, 6.07) is 15.1. The molecule has 9 heteroatoms. The van der Waals surface area contributed by atoms with Gasteiger partial charge in [-0.15, -0.1) is 5.10 Å². The molecule has 158 valence electrons. The first-order valence-electron chi connectivity index (χ1n) is 10.1. The van der Waals surface area contributed by atoms with Gasteiger partial charge >= 0.3 is 11.1 Å². The Morgan fingerprint density at radius 1 is 1.00 bits per heavy atom. The topological polar surface area (TPSA) is 89.7 Å². The minimum atomic E-state index is -0.791. The Labute approximate surface area is 177 Å². The van der Waals surface area contributed by atoms with Crippen molar-refractivity contribution >= 4 is 23.2 Å². The number of fused-ring (bicyclic) bond motifs is 2. The summed E-state index contributed by atoms with van der Waals surface area (Å²) >= 11 is 0. The van der Waals surface area contributed by atoms with Crippen molar-refractivity contribution in [2.75, 3.05) is 30.0 Å². The molecule has 0 atom stereocenters. The first-order chi connectivity index (χ1) is 15.1. The number of anilines is 3. The first kappa shape index (κ1) is 19.1. The summed E-state index contributed by atoms with van der Waals surface area (Å²) in [6.45, 7) is 1.13. The molecular formula is C22H21N5O4. The van der Waals surface area contributed by atoms with Crippen molar-refractivity contribution < 1.29 is 9.53 Å². The van der Waals surface area contributed by atoms with E-state index in [-0.39, 0.29) is 12.5 Å². The fourth-order valence-electron chi connectivity index (χ4n) is 4.15. The van der Waals surface area contributed by atoms with Gasteiger partial charge < -0.3 is 14.5 Å². The second-order valence-electron chi connectivity index (χ2n) is 7.49. The number of hydrogen-bond donors (Lipinski definition) is 0. The molecule has 0 unspecified atom stereocenters. The summed E-state index contributed by atoms with van der Waals surface area (Å²) in [5.74, 6) is 0.803. The van der Waals surface area contributed by atoms with Crippen LogP contribution in [0.15, 0.2) is 58.1 Å². The molecule has 5 rings (SSSR count). The van der Waals surface area contributed by atoms with Crippen molar-refractivity contribution in [3.63, 3.8) is 0 Å². The fraction of sp³-hybridized carbons (Fsp3) is 0.273. The van der Waals surface area contributed by atoms with Gasteiger partial charge in [0.2, 0.25) is 11.9 Å². The van der Waals surface area contributed by atoms with Crippen molar-refractivity contribution in [1.29, 1.82) is 0 Å². The van der Waals surface area contributed by atoms with E-state index in [1.165, 1.54) is 4.57 Å². The third kappa shape index (κ3) is 3.18. The molecule has 0 spiro atoms. The standard InChI is InChI=1S/C22H21N5O4/c1-31-17-8-6-16(7-9-17)24-12-13-26-20(29)21(30)27(23-22(24)26)14-19(28)25-11-10-15-4-2-3-5-18(15)25/h2-9H,10-14H2,1H3. The fourth-order valence-corrected chi connectivity index (χ4v) is 4.15. The van der Waals surface area contributed by atoms with E-state index in [0.717, 1.165) is 33.8 Å². The molecule has 1 aromatic heterocycles. The van der Waals surface area contributed by atoms with E-state index in [1.54, 1.807) is 12.0 Å². The highest BCUT2D eigenvalue weighted by Crippen LogP contribution is 2.29. The Bertz CT molecular complexity index is 1280. The summed E-state index contributed by atoms with van der Waals surface area (Å²) in [5.41, 5.74) is 1.30. The lowest BCUT2D eigenvalue weighted by atomic mass is 10.2. The van der Waals surface area contributed by atoms with Crippen LogP contribution in [0.1, 0.15) is 5.56 Å². The van der Waals surface area contributed by atoms with Gasteiger partial charge in [0.15, 0.2) is 0 Å². The van der Waals surface area contributed by atoms with E-state index in [4.69, 9.17) is 4.74 Å². The average Bonchev–Trinajstić information content (AvgIpc) is 3.42. The van der Waals surface area contributed by atoms with Gasteiger partial charge in [-0.3, -0.25) is 19.0 Å². The highest BCUT2D eigenvalue weighted by atomic mass is 16.5. The van der Waals surface area contributed by atoms with Crippen LogP contribution in [0.4, 0.5) is 17.3 Å². The second-order valence-corrected chi connectivity index (χ2v) is 7.49. The average molecular weight is 419 g/mol. The zero-order valence-corrected chi connectivity index (χ0v) is 17.0. The second kappa shape index (κ2) is 7.42. The molecule has 3 aromatic rings. The van der Waals surface area contributed by atoms with Crippen LogP contribution in [0, 0.1) is 0 Å². The van der Waals surface area contributed by atoms with Crippen molar-refractivity contribution in [1.82, 2.24) is 14.3 Å². The van der Waals surface area contributed by atoms with Gasteiger partial charge in [-0.1, -0.05) is 18.2 Å². The third-order valence-corrected chi connectivity index (χ3v) is 5.76. The van der Waals surface area contributed by atoms with Crippen molar-refractivity contribution in [3.8, 4) is 5.75 Å². The number of amides is 1. The van der Waals surface area contributed by atoms with Crippen molar-refractivity contribution in [2.24, 2.45) is 0 Å². The van der Waals surface area contributed by atoms with Gasteiger partial charge in [0.05, 0.1) is 7.11 Å². The third-order valence-electron chi connectivity index (χ3n) is 5.76. The number of hydrogen-bond acceptors (Lipinski definition) is 6. The normalized spacial score (nSPS) is 14.5. The SMILES string of the molecule is COc1ccc(N2CCn3c2nn(CC(=O)N2CCc4ccccc42)c(=O)c3=O)cc1. The molecule has 2 aromatic carbocycles. The molecule has 0 saturated heterocycles. The lowest BCUT2D eigenvalue weighted by Crippen LogP contribution is -2.45. The maximum absolute atomic E-state index is 13.0. The van der Waals surface area contributed by atoms with Gasteiger partial charge in [0, 0.05) is 31.0 Å². The van der Waals surface area contributed by atoms with E-state index < -0.39 is 11.1 Å². The molecular weight excluding hydrogens is 398 g/mol. The monoisotopic (exact) mass is 419 g/mol. The Morgan fingerprint density at radius 2 is 1.77 bits per heavy atom. The molecule has 0 fully saturated rings. The minimum absolute atomic E-state index is 0.266. The summed E-state index contributed by atoms with van der Waals surface area (Å²) in [6.07, 6.45) is 0.766. The van der Waals surface area contributed by atoms with Gasteiger partial charge in [-0.25, -0.2) is 4.68 Å². The first-order valence-corrected chi connectivity index (χ1v) is 10.1. The van der Waals surface area contributed by atoms with Crippen LogP contribution in [-0.2, 0) is 24.3 Å². The molecule has 2 aliphatic heterocycles. The highest BCUT2D eigenvalue weighted by molar-refractivity contribution is 5.95. The van der Waals surface area contributed by atoms with E-state index in [9.17, 15) is 14.4 Å².